The van der Waals surface area contributed by atoms with E-state index in [0.29, 0.717) is 11.2 Å². The van der Waals surface area contributed by atoms with Crippen LogP contribution in [0.25, 0.3) is 11.6 Å². The summed E-state index contributed by atoms with van der Waals surface area (Å²) < 4.78 is 10.3. The second-order valence-corrected chi connectivity index (χ2v) is 3.98. The highest BCUT2D eigenvalue weighted by molar-refractivity contribution is 6.37. The summed E-state index contributed by atoms with van der Waals surface area (Å²) in [5.41, 5.74) is 0.323. The van der Waals surface area contributed by atoms with Gasteiger partial charge in [0.25, 0.3) is 0 Å². The van der Waals surface area contributed by atoms with Crippen molar-refractivity contribution in [1.82, 2.24) is 4.98 Å². The van der Waals surface area contributed by atoms with Crippen LogP contribution in [0.3, 0.4) is 0 Å². The van der Waals surface area contributed by atoms with Crippen molar-refractivity contribution in [1.29, 1.82) is 0 Å². The number of rotatable bonds is 3. The summed E-state index contributed by atoms with van der Waals surface area (Å²) >= 11 is 0. The maximum absolute atomic E-state index is 11.8. The minimum Gasteiger partial charge on any atom is -0.462 e. The third-order valence-corrected chi connectivity index (χ3v) is 2.57. The van der Waals surface area contributed by atoms with E-state index in [0.717, 1.165) is 0 Å². The fraction of sp³-hybridized carbons (Fsp3) is 0.308. The van der Waals surface area contributed by atoms with Crippen molar-refractivity contribution in [2.45, 2.75) is 13.8 Å². The van der Waals surface area contributed by atoms with E-state index in [1.54, 1.807) is 37.2 Å². The first-order chi connectivity index (χ1) is 9.04. The molecule has 6 heteroatoms. The number of aromatic nitrogens is 1. The monoisotopic (exact) mass is 262 g/mol. The van der Waals surface area contributed by atoms with Crippen molar-refractivity contribution < 1.29 is 18.7 Å². The number of allylic oxidation sites excluding steroid dienone is 1. The zero-order chi connectivity index (χ0) is 14.0. The van der Waals surface area contributed by atoms with Gasteiger partial charge in [0.15, 0.2) is 22.6 Å². The number of hydrogen-bond donors (Lipinski definition) is 0. The molecule has 0 atom stereocenters. The van der Waals surface area contributed by atoms with Crippen LogP contribution in [0.15, 0.2) is 16.7 Å². The van der Waals surface area contributed by atoms with Gasteiger partial charge in [0.05, 0.1) is 6.61 Å². The molecule has 0 unspecified atom stereocenters. The van der Waals surface area contributed by atoms with Crippen molar-refractivity contribution in [3.8, 4) is 0 Å². The summed E-state index contributed by atoms with van der Waals surface area (Å²) in [6.07, 6.45) is 5.30. The van der Waals surface area contributed by atoms with Crippen LogP contribution in [0.2, 0.25) is 0 Å². The van der Waals surface area contributed by atoms with Gasteiger partial charge in [0.1, 0.15) is 0 Å². The molecule has 0 bridgehead atoms. The van der Waals surface area contributed by atoms with Crippen molar-refractivity contribution in [3.63, 3.8) is 0 Å². The number of esters is 1. The average Bonchev–Trinajstić information content (AvgIpc) is 2.74. The molecule has 0 radical (unpaired) electrons. The van der Waals surface area contributed by atoms with Crippen molar-refractivity contribution in [2.75, 3.05) is 18.6 Å². The number of fused-ring (bicyclic) bond motifs is 1. The Bertz CT molecular complexity index is 669. The predicted octanol–water partition coefficient (Wildman–Crippen LogP) is -0.279. The molecule has 6 nitrogen and oxygen atoms in total. The van der Waals surface area contributed by atoms with Crippen LogP contribution in [0, 0.1) is 0 Å². The summed E-state index contributed by atoms with van der Waals surface area (Å²) in [6, 6.07) is 0. The Kier molecular flexibility index (Phi) is 3.50. The highest BCUT2D eigenvalue weighted by Crippen LogP contribution is 2.06. The fourth-order valence-electron chi connectivity index (χ4n) is 1.71. The quantitative estimate of drug-likeness (QED) is 0.551. The Balaban J connectivity index is 2.63. The molecule has 0 spiro atoms. The van der Waals surface area contributed by atoms with Crippen molar-refractivity contribution in [2.24, 2.45) is 0 Å². The van der Waals surface area contributed by atoms with Gasteiger partial charge in [-0.3, -0.25) is 4.79 Å². The SMILES string of the molecule is CCOC(=O)C(C(C)=O)=c1nc2c(o1)=CC=CN2C. The molecular formula is C13H14N2O4. The Morgan fingerprint density at radius 3 is 2.79 bits per heavy atom. The lowest BCUT2D eigenvalue weighted by atomic mass is 10.2. The van der Waals surface area contributed by atoms with E-state index in [9.17, 15) is 9.59 Å². The Morgan fingerprint density at radius 2 is 2.21 bits per heavy atom. The topological polar surface area (TPSA) is 72.6 Å². The van der Waals surface area contributed by atoms with Crippen LogP contribution in [-0.2, 0) is 14.3 Å². The largest absolute Gasteiger partial charge is 0.462 e. The van der Waals surface area contributed by atoms with Crippen LogP contribution in [-0.4, -0.2) is 30.4 Å². The van der Waals surface area contributed by atoms with Gasteiger partial charge in [-0.05, 0) is 26.0 Å². The number of ketones is 1. The van der Waals surface area contributed by atoms with E-state index < -0.39 is 11.8 Å². The normalized spacial score (nSPS) is 14.6. The predicted molar refractivity (Wildman–Crippen MR) is 68.5 cm³/mol. The number of carbonyl (C=O) groups excluding carboxylic acids is 2. The molecule has 1 aliphatic heterocycles. The molecule has 19 heavy (non-hydrogen) atoms. The second kappa shape index (κ2) is 5.09. The fourth-order valence-corrected chi connectivity index (χ4v) is 1.71. The molecule has 0 N–H and O–H groups in total. The summed E-state index contributed by atoms with van der Waals surface area (Å²) in [4.78, 5) is 29.3. The van der Waals surface area contributed by atoms with Gasteiger partial charge in [-0.2, -0.15) is 4.98 Å². The lowest BCUT2D eigenvalue weighted by Gasteiger charge is -2.10. The van der Waals surface area contributed by atoms with Gasteiger partial charge < -0.3 is 14.1 Å². The number of carbonyl (C=O) groups is 2. The van der Waals surface area contributed by atoms with Crippen LogP contribution in [0.1, 0.15) is 13.8 Å². The number of anilines is 1. The molecule has 0 amide bonds. The zero-order valence-corrected chi connectivity index (χ0v) is 11.0. The van der Waals surface area contributed by atoms with Crippen LogP contribution in [0.4, 0.5) is 5.82 Å². The molecule has 0 aliphatic carbocycles. The molecule has 1 aromatic heterocycles. The van der Waals surface area contributed by atoms with E-state index >= 15 is 0 Å². The van der Waals surface area contributed by atoms with Crippen molar-refractivity contribution >= 4 is 29.2 Å². The first-order valence-corrected chi connectivity index (χ1v) is 5.85. The van der Waals surface area contributed by atoms with Gasteiger partial charge >= 0.3 is 5.97 Å². The van der Waals surface area contributed by atoms with E-state index in [2.05, 4.69) is 4.98 Å². The first kappa shape index (κ1) is 13.1. The highest BCUT2D eigenvalue weighted by Gasteiger charge is 2.21. The maximum atomic E-state index is 11.8. The minimum atomic E-state index is -0.718. The summed E-state index contributed by atoms with van der Waals surface area (Å²) in [6.45, 7) is 3.13. The Hall–Kier alpha value is -2.37. The molecule has 0 fully saturated rings. The third kappa shape index (κ3) is 2.42. The Morgan fingerprint density at radius 1 is 1.47 bits per heavy atom. The number of ether oxygens (including phenoxy) is 1. The molecule has 2 heterocycles. The zero-order valence-electron chi connectivity index (χ0n) is 11.0. The van der Waals surface area contributed by atoms with Crippen molar-refractivity contribution in [3.05, 3.63) is 23.2 Å². The lowest BCUT2D eigenvalue weighted by Crippen LogP contribution is -2.22. The molecule has 0 saturated carbocycles. The standard InChI is InChI=1S/C13H14N2O4/c1-4-18-13(17)10(8(2)16)12-14-11-9(19-12)6-5-7-15(11)3/h5-7H,4H2,1-3H3. The summed E-state index contributed by atoms with van der Waals surface area (Å²) in [5, 5.41) is 0. The van der Waals surface area contributed by atoms with Gasteiger partial charge in [-0.1, -0.05) is 0 Å². The van der Waals surface area contributed by atoms with E-state index in [4.69, 9.17) is 9.15 Å². The van der Waals surface area contributed by atoms with Crippen LogP contribution < -0.4 is 15.9 Å². The number of Topliss-reactive ketones (excluding diaryl/α,β-unsaturated/α-hetero) is 1. The van der Waals surface area contributed by atoms with Gasteiger partial charge in [0, 0.05) is 13.2 Å². The third-order valence-electron chi connectivity index (χ3n) is 2.57. The molecule has 1 aliphatic rings. The number of hydrogen-bond acceptors (Lipinski definition) is 6. The van der Waals surface area contributed by atoms with Gasteiger partial charge in [-0.25, -0.2) is 4.79 Å². The van der Waals surface area contributed by atoms with E-state index in [1.165, 1.54) is 6.92 Å². The van der Waals surface area contributed by atoms with Gasteiger partial charge in [-0.15, -0.1) is 0 Å². The van der Waals surface area contributed by atoms with Gasteiger partial charge in [0.2, 0.25) is 5.55 Å². The number of nitrogens with zero attached hydrogens (tertiary/aromatic N) is 2. The average molecular weight is 262 g/mol. The lowest BCUT2D eigenvalue weighted by molar-refractivity contribution is -0.137. The Labute approximate surface area is 109 Å². The highest BCUT2D eigenvalue weighted by atomic mass is 16.5. The smallest absolute Gasteiger partial charge is 0.347 e. The maximum Gasteiger partial charge on any atom is 0.347 e. The second-order valence-electron chi connectivity index (χ2n) is 3.98. The van der Waals surface area contributed by atoms with Crippen LogP contribution >= 0.6 is 0 Å². The molecule has 1 aromatic rings. The van der Waals surface area contributed by atoms with E-state index in [1.807, 2.05) is 0 Å². The summed E-state index contributed by atoms with van der Waals surface area (Å²) in [5.74, 6) is -0.600. The molecule has 100 valence electrons. The molecule has 0 saturated heterocycles. The molecule has 2 rings (SSSR count). The number of oxazole rings is 1. The summed E-state index contributed by atoms with van der Waals surface area (Å²) in [7, 11) is 1.80. The minimum absolute atomic E-state index is 0.0113. The van der Waals surface area contributed by atoms with Crippen LogP contribution in [0.5, 0.6) is 0 Å². The first-order valence-electron chi connectivity index (χ1n) is 5.85. The molecular weight excluding hydrogens is 248 g/mol. The van der Waals surface area contributed by atoms with E-state index in [-0.39, 0.29) is 17.7 Å². The molecule has 0 aromatic carbocycles.